The molecule has 1 heteroatoms. The monoisotopic (exact) mass is 164 g/mol. The lowest BCUT2D eigenvalue weighted by atomic mass is 9.81. The summed E-state index contributed by atoms with van der Waals surface area (Å²) >= 11 is 0. The largest absolute Gasteiger partial charge is 0.303 e. The van der Waals surface area contributed by atoms with Crippen molar-refractivity contribution in [3.63, 3.8) is 0 Å². The Labute approximate surface area is 73.8 Å². The van der Waals surface area contributed by atoms with E-state index in [9.17, 15) is 4.79 Å². The van der Waals surface area contributed by atoms with Crippen LogP contribution in [-0.4, -0.2) is 6.29 Å². The second kappa shape index (κ2) is 3.04. The van der Waals surface area contributed by atoms with E-state index in [2.05, 4.69) is 19.1 Å². The van der Waals surface area contributed by atoms with Gasteiger partial charge in [-0.2, -0.15) is 0 Å². The molecule has 0 spiro atoms. The zero-order valence-electron chi connectivity index (χ0n) is 7.57. The highest BCUT2D eigenvalue weighted by atomic mass is 16.1. The number of carbonyl (C=O) groups excluding carboxylic acids is 1. The average molecular weight is 164 g/mol. The van der Waals surface area contributed by atoms with Gasteiger partial charge in [-0.05, 0) is 30.6 Å². The van der Waals surface area contributed by atoms with E-state index < -0.39 is 0 Å². The lowest BCUT2D eigenvalue weighted by molar-refractivity contribution is -0.113. The molecule has 2 rings (SSSR count). The second-order valence-electron chi connectivity index (χ2n) is 4.11. The zero-order valence-corrected chi connectivity index (χ0v) is 7.57. The van der Waals surface area contributed by atoms with Crippen LogP contribution in [-0.2, 0) is 4.79 Å². The van der Waals surface area contributed by atoms with Crippen LogP contribution < -0.4 is 0 Å². The van der Waals surface area contributed by atoms with Crippen LogP contribution in [0.4, 0.5) is 0 Å². The maximum Gasteiger partial charge on any atom is 0.123 e. The Morgan fingerprint density at radius 2 is 2.17 bits per heavy atom. The first kappa shape index (κ1) is 8.03. The number of carbonyl (C=O) groups is 1. The van der Waals surface area contributed by atoms with Gasteiger partial charge in [0.05, 0.1) is 0 Å². The molecular weight excluding hydrogens is 148 g/mol. The first-order valence-corrected chi connectivity index (χ1v) is 5.00. The molecule has 0 aliphatic heterocycles. The van der Waals surface area contributed by atoms with Gasteiger partial charge in [0, 0.05) is 5.92 Å². The first-order valence-electron chi connectivity index (χ1n) is 5.00. The minimum Gasteiger partial charge on any atom is -0.303 e. The fraction of sp³-hybridized carbons (Fsp3) is 0.727. The summed E-state index contributed by atoms with van der Waals surface area (Å²) in [6, 6.07) is 0. The molecule has 0 N–H and O–H groups in total. The molecule has 2 aliphatic carbocycles. The third-order valence-corrected chi connectivity index (χ3v) is 3.47. The van der Waals surface area contributed by atoms with Gasteiger partial charge >= 0.3 is 0 Å². The van der Waals surface area contributed by atoms with E-state index >= 15 is 0 Å². The Hall–Kier alpha value is -0.590. The van der Waals surface area contributed by atoms with Crippen molar-refractivity contribution in [3.8, 4) is 0 Å². The van der Waals surface area contributed by atoms with Crippen molar-refractivity contribution < 1.29 is 4.79 Å². The summed E-state index contributed by atoms with van der Waals surface area (Å²) in [7, 11) is 0. The molecule has 66 valence electrons. The summed E-state index contributed by atoms with van der Waals surface area (Å²) in [6.07, 6.45) is 9.45. The molecule has 0 radical (unpaired) electrons. The quantitative estimate of drug-likeness (QED) is 0.462. The lowest BCUT2D eigenvalue weighted by Gasteiger charge is -2.22. The molecule has 1 fully saturated rings. The van der Waals surface area contributed by atoms with E-state index in [1.165, 1.54) is 25.5 Å². The summed E-state index contributed by atoms with van der Waals surface area (Å²) < 4.78 is 0. The van der Waals surface area contributed by atoms with Gasteiger partial charge in [-0.1, -0.05) is 25.5 Å². The molecule has 0 aromatic rings. The van der Waals surface area contributed by atoms with Crippen LogP contribution in [0.5, 0.6) is 0 Å². The molecule has 1 nitrogen and oxygen atoms in total. The Bertz CT molecular complexity index is 207. The summed E-state index contributed by atoms with van der Waals surface area (Å²) in [5.41, 5.74) is 0. The van der Waals surface area contributed by atoms with Crippen LogP contribution in [0.3, 0.4) is 0 Å². The maximum absolute atomic E-state index is 10.8. The number of rotatable bonds is 3. The molecule has 0 aromatic heterocycles. The van der Waals surface area contributed by atoms with E-state index in [0.717, 1.165) is 5.92 Å². The molecule has 2 aliphatic rings. The van der Waals surface area contributed by atoms with E-state index in [1.54, 1.807) is 0 Å². The van der Waals surface area contributed by atoms with Crippen LogP contribution >= 0.6 is 0 Å². The topological polar surface area (TPSA) is 17.1 Å². The fourth-order valence-corrected chi connectivity index (χ4v) is 2.90. The summed E-state index contributed by atoms with van der Waals surface area (Å²) in [4.78, 5) is 10.8. The Morgan fingerprint density at radius 1 is 1.42 bits per heavy atom. The third kappa shape index (κ3) is 1.03. The van der Waals surface area contributed by atoms with Crippen LogP contribution in [0.15, 0.2) is 12.2 Å². The van der Waals surface area contributed by atoms with Gasteiger partial charge in [0.25, 0.3) is 0 Å². The molecule has 2 unspecified atom stereocenters. The van der Waals surface area contributed by atoms with Gasteiger partial charge in [-0.3, -0.25) is 0 Å². The molecule has 12 heavy (non-hydrogen) atoms. The van der Waals surface area contributed by atoms with Gasteiger partial charge in [0.2, 0.25) is 0 Å². The van der Waals surface area contributed by atoms with Crippen molar-refractivity contribution in [2.45, 2.75) is 26.2 Å². The zero-order chi connectivity index (χ0) is 8.55. The van der Waals surface area contributed by atoms with Gasteiger partial charge in [0.15, 0.2) is 0 Å². The highest BCUT2D eigenvalue weighted by Gasteiger charge is 2.43. The molecule has 0 heterocycles. The van der Waals surface area contributed by atoms with Crippen LogP contribution in [0.1, 0.15) is 26.2 Å². The molecular formula is C11H16O. The molecule has 1 saturated carbocycles. The number of allylic oxidation sites excluding steroid dienone is 2. The SMILES string of the molecule is CCC[C@@H]1C2C=CC(C2)[C@H]1C=O. The summed E-state index contributed by atoms with van der Waals surface area (Å²) in [5, 5.41) is 0. The van der Waals surface area contributed by atoms with Crippen molar-refractivity contribution in [1.29, 1.82) is 0 Å². The van der Waals surface area contributed by atoms with Crippen LogP contribution in [0.2, 0.25) is 0 Å². The first-order chi connectivity index (χ1) is 5.86. The van der Waals surface area contributed by atoms with Crippen LogP contribution in [0, 0.1) is 23.7 Å². The molecule has 0 saturated heterocycles. The number of hydrogen-bond acceptors (Lipinski definition) is 1. The minimum absolute atomic E-state index is 0.347. The third-order valence-electron chi connectivity index (χ3n) is 3.47. The number of hydrogen-bond donors (Lipinski definition) is 0. The van der Waals surface area contributed by atoms with E-state index in [-0.39, 0.29) is 0 Å². The van der Waals surface area contributed by atoms with Crippen molar-refractivity contribution in [1.82, 2.24) is 0 Å². The Kier molecular flexibility index (Phi) is 2.03. The lowest BCUT2D eigenvalue weighted by Crippen LogP contribution is -2.20. The van der Waals surface area contributed by atoms with E-state index in [0.29, 0.717) is 17.8 Å². The highest BCUT2D eigenvalue weighted by molar-refractivity contribution is 5.57. The van der Waals surface area contributed by atoms with Gasteiger partial charge < -0.3 is 4.79 Å². The molecule has 0 amide bonds. The van der Waals surface area contributed by atoms with Crippen molar-refractivity contribution >= 4 is 6.29 Å². The minimum atomic E-state index is 0.347. The Morgan fingerprint density at radius 3 is 2.83 bits per heavy atom. The van der Waals surface area contributed by atoms with Crippen molar-refractivity contribution in [2.24, 2.45) is 23.7 Å². The van der Waals surface area contributed by atoms with Gasteiger partial charge in [-0.25, -0.2) is 0 Å². The van der Waals surface area contributed by atoms with Crippen LogP contribution in [0.25, 0.3) is 0 Å². The predicted octanol–water partition coefficient (Wildman–Crippen LogP) is 2.42. The van der Waals surface area contributed by atoms with Crippen molar-refractivity contribution in [2.75, 3.05) is 0 Å². The summed E-state index contributed by atoms with van der Waals surface area (Å²) in [5.74, 6) is 2.33. The van der Waals surface area contributed by atoms with Gasteiger partial charge in [-0.15, -0.1) is 0 Å². The van der Waals surface area contributed by atoms with E-state index in [1.807, 2.05) is 0 Å². The van der Waals surface area contributed by atoms with Crippen molar-refractivity contribution in [3.05, 3.63) is 12.2 Å². The predicted molar refractivity (Wildman–Crippen MR) is 48.7 cm³/mol. The molecule has 4 atom stereocenters. The van der Waals surface area contributed by atoms with Gasteiger partial charge in [0.1, 0.15) is 6.29 Å². The Balaban J connectivity index is 2.11. The number of aldehydes is 1. The highest BCUT2D eigenvalue weighted by Crippen LogP contribution is 2.48. The maximum atomic E-state index is 10.8. The molecule has 2 bridgehead atoms. The summed E-state index contributed by atoms with van der Waals surface area (Å²) in [6.45, 7) is 2.21. The number of fused-ring (bicyclic) bond motifs is 2. The fourth-order valence-electron chi connectivity index (χ4n) is 2.90. The van der Waals surface area contributed by atoms with E-state index in [4.69, 9.17) is 0 Å². The normalized spacial score (nSPS) is 43.8. The standard InChI is InChI=1S/C11H16O/c1-2-3-10-8-4-5-9(6-8)11(10)7-12/h4-5,7-11H,2-3,6H2,1H3/t8?,9?,10-,11-/m1/s1. The second-order valence-corrected chi connectivity index (χ2v) is 4.11. The molecule has 0 aromatic carbocycles. The smallest absolute Gasteiger partial charge is 0.123 e. The average Bonchev–Trinajstić information content (AvgIpc) is 2.64.